The molecule has 0 spiro atoms. The highest BCUT2D eigenvalue weighted by Crippen LogP contribution is 2.37. The average molecular weight is 467 g/mol. The van der Waals surface area contributed by atoms with Crippen LogP contribution in [0.2, 0.25) is 5.02 Å². The first-order chi connectivity index (χ1) is 13.3. The number of hydrogen-bond donors (Lipinski definition) is 0. The van der Waals surface area contributed by atoms with Crippen molar-refractivity contribution in [2.24, 2.45) is 0 Å². The van der Waals surface area contributed by atoms with Crippen LogP contribution < -0.4 is 9.47 Å². The molecule has 2 aromatic rings. The second kappa shape index (κ2) is 10.3. The zero-order valence-electron chi connectivity index (χ0n) is 15.9. The fourth-order valence-electron chi connectivity index (χ4n) is 2.23. The Morgan fingerprint density at radius 1 is 1.14 bits per heavy atom. The first-order valence-electron chi connectivity index (χ1n) is 8.59. The molecule has 0 aliphatic heterocycles. The molecule has 1 amide bonds. The van der Waals surface area contributed by atoms with E-state index in [1.807, 2.05) is 6.92 Å². The number of ether oxygens (including phenoxy) is 2. The second-order valence-corrected chi connectivity index (χ2v) is 7.34. The van der Waals surface area contributed by atoms with Crippen LogP contribution in [-0.2, 0) is 4.79 Å². The number of halogens is 2. The summed E-state index contributed by atoms with van der Waals surface area (Å²) in [6.07, 6.45) is 3.18. The van der Waals surface area contributed by atoms with Gasteiger partial charge in [-0.2, -0.15) is 0 Å². The van der Waals surface area contributed by atoms with Gasteiger partial charge in [-0.05, 0) is 70.9 Å². The summed E-state index contributed by atoms with van der Waals surface area (Å²) in [5.41, 5.74) is 1.30. The van der Waals surface area contributed by atoms with Crippen molar-refractivity contribution in [3.8, 4) is 11.5 Å². The third kappa shape index (κ3) is 6.11. The van der Waals surface area contributed by atoms with Crippen LogP contribution in [0.15, 0.2) is 46.9 Å². The lowest BCUT2D eigenvalue weighted by atomic mass is 10.1. The standard InChI is InChI=1S/C21H21BrClNO4/c1-4-27-19-12-14(5-10-18(25)15-6-8-16(23)9-7-15)11-17(22)21(19)28-13-20(26)24(2)3/h5-12H,4,13H2,1-3H3/b10-5+. The molecule has 28 heavy (non-hydrogen) atoms. The summed E-state index contributed by atoms with van der Waals surface area (Å²) in [6.45, 7) is 2.19. The van der Waals surface area contributed by atoms with Crippen molar-refractivity contribution >= 4 is 45.3 Å². The topological polar surface area (TPSA) is 55.8 Å². The zero-order valence-corrected chi connectivity index (χ0v) is 18.2. The number of hydrogen-bond acceptors (Lipinski definition) is 4. The molecule has 5 nitrogen and oxygen atoms in total. The second-order valence-electron chi connectivity index (χ2n) is 6.04. The maximum Gasteiger partial charge on any atom is 0.259 e. The molecule has 2 aromatic carbocycles. The van der Waals surface area contributed by atoms with Gasteiger partial charge in [0.2, 0.25) is 0 Å². The highest BCUT2D eigenvalue weighted by molar-refractivity contribution is 9.10. The minimum atomic E-state index is -0.160. The van der Waals surface area contributed by atoms with Crippen molar-refractivity contribution in [2.45, 2.75) is 6.92 Å². The van der Waals surface area contributed by atoms with E-state index in [0.29, 0.717) is 33.2 Å². The van der Waals surface area contributed by atoms with Crippen LogP contribution in [0.4, 0.5) is 0 Å². The fraction of sp³-hybridized carbons (Fsp3) is 0.238. The molecule has 0 heterocycles. The molecule has 2 rings (SSSR count). The molecule has 0 saturated heterocycles. The highest BCUT2D eigenvalue weighted by Gasteiger charge is 2.14. The van der Waals surface area contributed by atoms with Crippen LogP contribution in [-0.4, -0.2) is 43.9 Å². The normalized spacial score (nSPS) is 10.8. The van der Waals surface area contributed by atoms with Gasteiger partial charge >= 0.3 is 0 Å². The lowest BCUT2D eigenvalue weighted by Gasteiger charge is -2.16. The van der Waals surface area contributed by atoms with E-state index in [4.69, 9.17) is 21.1 Å². The molecule has 0 fully saturated rings. The van der Waals surface area contributed by atoms with Gasteiger partial charge in [-0.1, -0.05) is 17.7 Å². The van der Waals surface area contributed by atoms with Gasteiger partial charge in [0.15, 0.2) is 23.9 Å². The van der Waals surface area contributed by atoms with Crippen molar-refractivity contribution in [3.05, 3.63) is 63.1 Å². The average Bonchev–Trinajstić information content (AvgIpc) is 2.66. The van der Waals surface area contributed by atoms with Crippen LogP contribution >= 0.6 is 27.5 Å². The minimum Gasteiger partial charge on any atom is -0.490 e. The van der Waals surface area contributed by atoms with E-state index in [2.05, 4.69) is 15.9 Å². The van der Waals surface area contributed by atoms with Crippen LogP contribution in [0.3, 0.4) is 0 Å². The van der Waals surface area contributed by atoms with E-state index in [1.165, 1.54) is 11.0 Å². The number of amides is 1. The molecule has 148 valence electrons. The molecule has 0 bridgehead atoms. The Morgan fingerprint density at radius 2 is 1.82 bits per heavy atom. The predicted octanol–water partition coefficient (Wildman–Crippen LogP) is 4.86. The van der Waals surface area contributed by atoms with E-state index in [1.54, 1.807) is 56.6 Å². The van der Waals surface area contributed by atoms with Crippen molar-refractivity contribution in [3.63, 3.8) is 0 Å². The van der Waals surface area contributed by atoms with Gasteiger partial charge in [0, 0.05) is 24.7 Å². The van der Waals surface area contributed by atoms with Crippen molar-refractivity contribution in [2.75, 3.05) is 27.3 Å². The number of carbonyl (C=O) groups is 2. The number of allylic oxidation sites excluding steroid dienone is 1. The Morgan fingerprint density at radius 3 is 2.43 bits per heavy atom. The molecular weight excluding hydrogens is 446 g/mol. The molecule has 0 saturated carbocycles. The number of benzene rings is 2. The Balaban J connectivity index is 2.22. The van der Waals surface area contributed by atoms with Gasteiger partial charge in [-0.3, -0.25) is 9.59 Å². The van der Waals surface area contributed by atoms with E-state index in [-0.39, 0.29) is 18.3 Å². The monoisotopic (exact) mass is 465 g/mol. The molecule has 0 radical (unpaired) electrons. The Bertz CT molecular complexity index is 879. The van der Waals surface area contributed by atoms with Crippen molar-refractivity contribution < 1.29 is 19.1 Å². The van der Waals surface area contributed by atoms with Gasteiger partial charge in [0.25, 0.3) is 5.91 Å². The number of rotatable bonds is 8. The maximum atomic E-state index is 12.3. The largest absolute Gasteiger partial charge is 0.490 e. The van der Waals surface area contributed by atoms with Crippen LogP contribution in [0.5, 0.6) is 11.5 Å². The molecule has 0 unspecified atom stereocenters. The number of likely N-dealkylation sites (N-methyl/N-ethyl adjacent to an activating group) is 1. The third-order valence-corrected chi connectivity index (χ3v) is 4.57. The van der Waals surface area contributed by atoms with Gasteiger partial charge < -0.3 is 14.4 Å². The van der Waals surface area contributed by atoms with Crippen LogP contribution in [0.1, 0.15) is 22.8 Å². The number of carbonyl (C=O) groups excluding carboxylic acids is 2. The molecule has 0 atom stereocenters. The Hall–Kier alpha value is -2.31. The third-order valence-electron chi connectivity index (χ3n) is 3.73. The smallest absolute Gasteiger partial charge is 0.259 e. The minimum absolute atomic E-state index is 0.101. The van der Waals surface area contributed by atoms with Crippen LogP contribution in [0.25, 0.3) is 6.08 Å². The van der Waals surface area contributed by atoms with E-state index in [0.717, 1.165) is 5.56 Å². The SMILES string of the molecule is CCOc1cc(/C=C/C(=O)c2ccc(Cl)cc2)cc(Br)c1OCC(=O)N(C)C. The van der Waals surface area contributed by atoms with Crippen molar-refractivity contribution in [1.29, 1.82) is 0 Å². The number of nitrogens with zero attached hydrogens (tertiary/aromatic N) is 1. The lowest BCUT2D eigenvalue weighted by Crippen LogP contribution is -2.27. The highest BCUT2D eigenvalue weighted by atomic mass is 79.9. The molecule has 0 aliphatic carbocycles. The maximum absolute atomic E-state index is 12.3. The van der Waals surface area contributed by atoms with Gasteiger partial charge in [-0.25, -0.2) is 0 Å². The summed E-state index contributed by atoms with van der Waals surface area (Å²) in [5, 5.41) is 0.578. The molecule has 0 aromatic heterocycles. The summed E-state index contributed by atoms with van der Waals surface area (Å²) < 4.78 is 11.9. The van der Waals surface area contributed by atoms with Gasteiger partial charge in [-0.15, -0.1) is 0 Å². The van der Waals surface area contributed by atoms with Crippen LogP contribution in [0, 0.1) is 0 Å². The molecule has 0 N–H and O–H groups in total. The predicted molar refractivity (Wildman–Crippen MR) is 114 cm³/mol. The Kier molecular flexibility index (Phi) is 8.08. The summed E-state index contributed by atoms with van der Waals surface area (Å²) in [7, 11) is 3.32. The summed E-state index contributed by atoms with van der Waals surface area (Å²) in [6, 6.07) is 10.3. The first kappa shape index (κ1) is 22.0. The van der Waals surface area contributed by atoms with Crippen molar-refractivity contribution in [1.82, 2.24) is 4.90 Å². The van der Waals surface area contributed by atoms with E-state index < -0.39 is 0 Å². The van der Waals surface area contributed by atoms with Gasteiger partial charge in [0.1, 0.15) is 0 Å². The zero-order chi connectivity index (χ0) is 20.7. The van der Waals surface area contributed by atoms with Gasteiger partial charge in [0.05, 0.1) is 11.1 Å². The van der Waals surface area contributed by atoms with E-state index in [9.17, 15) is 9.59 Å². The summed E-state index contributed by atoms with van der Waals surface area (Å²) in [4.78, 5) is 25.5. The molecule has 0 aliphatic rings. The molecular formula is C21H21BrClNO4. The summed E-state index contributed by atoms with van der Waals surface area (Å²) in [5.74, 6) is 0.634. The molecule has 7 heteroatoms. The quantitative estimate of drug-likeness (QED) is 0.412. The van der Waals surface area contributed by atoms with E-state index >= 15 is 0 Å². The Labute approximate surface area is 178 Å². The fourth-order valence-corrected chi connectivity index (χ4v) is 2.93. The summed E-state index contributed by atoms with van der Waals surface area (Å²) >= 11 is 9.30. The first-order valence-corrected chi connectivity index (χ1v) is 9.76. The number of ketones is 1. The lowest BCUT2D eigenvalue weighted by molar-refractivity contribution is -0.130.